The van der Waals surface area contributed by atoms with Gasteiger partial charge in [0.25, 0.3) is 0 Å². The number of hydrogen-bond acceptors (Lipinski definition) is 4. The van der Waals surface area contributed by atoms with E-state index in [1.165, 1.54) is 12.8 Å². The van der Waals surface area contributed by atoms with E-state index in [1.54, 1.807) is 0 Å². The fourth-order valence-electron chi connectivity index (χ4n) is 12.0. The summed E-state index contributed by atoms with van der Waals surface area (Å²) in [4.78, 5) is 0. The van der Waals surface area contributed by atoms with Crippen molar-refractivity contribution >= 4 is 0 Å². The van der Waals surface area contributed by atoms with Crippen LogP contribution >= 0.6 is 0 Å². The molecule has 282 valence electrons. The van der Waals surface area contributed by atoms with Crippen molar-refractivity contribution in [3.8, 4) is 0 Å². The lowest BCUT2D eigenvalue weighted by Gasteiger charge is -2.51. The third kappa shape index (κ3) is 9.63. The molecule has 0 spiro atoms. The molecule has 4 aliphatic carbocycles. The minimum Gasteiger partial charge on any atom is -0.393 e. The topological polar surface area (TPSA) is 80.9 Å². The zero-order valence-corrected chi connectivity index (χ0v) is 33.9. The molecular formula is C44H82O4. The molecule has 0 heterocycles. The number of hydrogen-bond donors (Lipinski definition) is 4. The monoisotopic (exact) mass is 675 g/mol. The lowest BCUT2D eigenvalue weighted by molar-refractivity contribution is -0.0968. The Bertz CT molecular complexity index is 1010. The predicted octanol–water partition coefficient (Wildman–Crippen LogP) is 10.1. The van der Waals surface area contributed by atoms with E-state index in [4.69, 9.17) is 0 Å². The van der Waals surface area contributed by atoms with Crippen molar-refractivity contribution in [2.24, 2.45) is 86.8 Å². The predicted molar refractivity (Wildman–Crippen MR) is 201 cm³/mol. The van der Waals surface area contributed by atoms with Crippen molar-refractivity contribution < 1.29 is 20.4 Å². The van der Waals surface area contributed by atoms with Crippen LogP contribution in [0.3, 0.4) is 0 Å². The molecule has 4 N–H and O–H groups in total. The highest BCUT2D eigenvalue weighted by atomic mass is 16.3. The summed E-state index contributed by atoms with van der Waals surface area (Å²) in [5.74, 6) is 3.90. The van der Waals surface area contributed by atoms with Crippen molar-refractivity contribution in [3.63, 3.8) is 0 Å². The Balaban J connectivity index is 1.53. The summed E-state index contributed by atoms with van der Waals surface area (Å²) in [7, 11) is 0. The summed E-state index contributed by atoms with van der Waals surface area (Å²) >= 11 is 0. The van der Waals surface area contributed by atoms with Crippen LogP contribution in [-0.4, -0.2) is 44.8 Å². The third-order valence-electron chi connectivity index (χ3n) is 14.8. The summed E-state index contributed by atoms with van der Waals surface area (Å²) in [5, 5.41) is 47.2. The quantitative estimate of drug-likeness (QED) is 0.226. The molecule has 15 atom stereocenters. The smallest absolute Gasteiger partial charge is 0.0601 e. The molecule has 15 unspecified atom stereocenters. The van der Waals surface area contributed by atoms with Crippen LogP contribution in [0.4, 0.5) is 0 Å². The first-order valence-corrected chi connectivity index (χ1v) is 20.6. The molecule has 0 aromatic heterocycles. The SMILES string of the molecule is CC1CC(CC2CC(CC3CC(CC4CCCC(C(C)(C)C)C4O)C(O)C(C(C)(C)C)C3)CC(C(C)(C)C)C2O)C(O)C(C(C)(C)C)C1. The summed E-state index contributed by atoms with van der Waals surface area (Å²) in [6.07, 6.45) is 11.7. The first-order chi connectivity index (χ1) is 21.9. The second-order valence-corrected chi connectivity index (χ2v) is 22.8. The molecule has 4 fully saturated rings. The summed E-state index contributed by atoms with van der Waals surface area (Å²) in [6, 6.07) is 0. The Morgan fingerprint density at radius 2 is 0.750 bits per heavy atom. The zero-order valence-electron chi connectivity index (χ0n) is 33.9. The van der Waals surface area contributed by atoms with Gasteiger partial charge in [-0.1, -0.05) is 96.4 Å². The van der Waals surface area contributed by atoms with Crippen LogP contribution in [0.5, 0.6) is 0 Å². The highest BCUT2D eigenvalue weighted by molar-refractivity contribution is 4.99. The summed E-state index contributed by atoms with van der Waals surface area (Å²) in [6.45, 7) is 30.0. The van der Waals surface area contributed by atoms with Crippen LogP contribution in [0.1, 0.15) is 167 Å². The molecule has 4 rings (SSSR count). The highest BCUT2D eigenvalue weighted by Crippen LogP contribution is 2.53. The van der Waals surface area contributed by atoms with E-state index in [-0.39, 0.29) is 81.6 Å². The Morgan fingerprint density at radius 3 is 1.17 bits per heavy atom. The molecule has 0 aliphatic heterocycles. The first-order valence-electron chi connectivity index (χ1n) is 20.6. The highest BCUT2D eigenvalue weighted by Gasteiger charge is 2.49. The lowest BCUT2D eigenvalue weighted by Crippen LogP contribution is -2.48. The Hall–Kier alpha value is -0.160. The number of aliphatic hydroxyl groups excluding tert-OH is 4. The Morgan fingerprint density at radius 1 is 0.396 bits per heavy atom. The van der Waals surface area contributed by atoms with Gasteiger partial charge >= 0.3 is 0 Å². The third-order valence-corrected chi connectivity index (χ3v) is 14.8. The molecule has 4 saturated carbocycles. The van der Waals surface area contributed by atoms with Gasteiger partial charge < -0.3 is 20.4 Å². The molecule has 0 saturated heterocycles. The summed E-state index contributed by atoms with van der Waals surface area (Å²) < 4.78 is 0. The maximum absolute atomic E-state index is 12.0. The lowest BCUT2D eigenvalue weighted by atomic mass is 9.56. The molecule has 4 nitrogen and oxygen atoms in total. The largest absolute Gasteiger partial charge is 0.393 e. The van der Waals surface area contributed by atoms with Gasteiger partial charge in [0.15, 0.2) is 0 Å². The molecule has 4 aliphatic rings. The number of aliphatic hydroxyl groups is 4. The second kappa shape index (κ2) is 15.1. The van der Waals surface area contributed by atoms with Crippen LogP contribution in [0, 0.1) is 86.8 Å². The molecule has 0 aromatic carbocycles. The van der Waals surface area contributed by atoms with Gasteiger partial charge in [-0.25, -0.2) is 0 Å². The number of rotatable bonds is 6. The zero-order chi connectivity index (χ0) is 36.1. The van der Waals surface area contributed by atoms with Crippen molar-refractivity contribution in [2.45, 2.75) is 191 Å². The van der Waals surface area contributed by atoms with Crippen LogP contribution in [0.15, 0.2) is 0 Å². The molecule has 48 heavy (non-hydrogen) atoms. The molecule has 0 bridgehead atoms. The van der Waals surface area contributed by atoms with Gasteiger partial charge in [-0.15, -0.1) is 0 Å². The van der Waals surface area contributed by atoms with Crippen LogP contribution < -0.4 is 0 Å². The van der Waals surface area contributed by atoms with E-state index < -0.39 is 0 Å². The minimum atomic E-state index is -0.314. The molecule has 0 amide bonds. The van der Waals surface area contributed by atoms with Gasteiger partial charge in [-0.2, -0.15) is 0 Å². The van der Waals surface area contributed by atoms with Crippen LogP contribution in [0.2, 0.25) is 0 Å². The fourth-order valence-corrected chi connectivity index (χ4v) is 12.0. The van der Waals surface area contributed by atoms with E-state index in [2.05, 4.69) is 90.0 Å². The maximum Gasteiger partial charge on any atom is 0.0601 e. The van der Waals surface area contributed by atoms with Gasteiger partial charge in [-0.3, -0.25) is 0 Å². The first kappa shape index (κ1) is 40.6. The Labute approximate surface area is 298 Å². The van der Waals surface area contributed by atoms with Crippen molar-refractivity contribution in [2.75, 3.05) is 0 Å². The van der Waals surface area contributed by atoms with Crippen molar-refractivity contribution in [1.29, 1.82) is 0 Å². The second-order valence-electron chi connectivity index (χ2n) is 22.8. The van der Waals surface area contributed by atoms with Crippen LogP contribution in [-0.2, 0) is 0 Å². The van der Waals surface area contributed by atoms with Gasteiger partial charge in [0.05, 0.1) is 24.4 Å². The van der Waals surface area contributed by atoms with Gasteiger partial charge in [0, 0.05) is 0 Å². The summed E-state index contributed by atoms with van der Waals surface area (Å²) in [5.41, 5.74) is 0.251. The molecular weight excluding hydrogens is 592 g/mol. The molecule has 0 aromatic rings. The average molecular weight is 675 g/mol. The molecule has 4 heteroatoms. The van der Waals surface area contributed by atoms with E-state index in [0.717, 1.165) is 64.2 Å². The maximum atomic E-state index is 12.0. The van der Waals surface area contributed by atoms with Crippen molar-refractivity contribution in [1.82, 2.24) is 0 Å². The van der Waals surface area contributed by atoms with E-state index in [9.17, 15) is 20.4 Å². The van der Waals surface area contributed by atoms with E-state index in [1.807, 2.05) is 0 Å². The Kier molecular flexibility index (Phi) is 12.7. The van der Waals surface area contributed by atoms with Gasteiger partial charge in [0.2, 0.25) is 0 Å². The average Bonchev–Trinajstić information content (AvgIpc) is 2.92. The van der Waals surface area contributed by atoms with Gasteiger partial charge in [0.1, 0.15) is 0 Å². The van der Waals surface area contributed by atoms with Crippen LogP contribution in [0.25, 0.3) is 0 Å². The van der Waals surface area contributed by atoms with E-state index >= 15 is 0 Å². The minimum absolute atomic E-state index is 0.0305. The normalized spacial score (nSPS) is 44.1. The molecule has 0 radical (unpaired) electrons. The standard InChI is InChI=1S/C44H82O4/c1-26-17-30(38(46)34(18-26)42(5,6)7)25-32-21-28(23-36(40(32)48)44(11,12)13)19-27-20-31(39(47)35(22-27)43(8,9)10)24-29-15-14-16-33(37(29)45)41(2,3)4/h26-40,45-48H,14-25H2,1-13H3. The van der Waals surface area contributed by atoms with Gasteiger partial charge in [-0.05, 0) is 157 Å². The van der Waals surface area contributed by atoms with E-state index in [0.29, 0.717) is 29.6 Å². The van der Waals surface area contributed by atoms with Crippen molar-refractivity contribution in [3.05, 3.63) is 0 Å². The fraction of sp³-hybridized carbons (Fsp3) is 1.00.